The second-order valence-electron chi connectivity index (χ2n) is 4.88. The molecule has 3 rings (SSSR count). The van der Waals surface area contributed by atoms with Gasteiger partial charge < -0.3 is 10.3 Å². The maximum Gasteiger partial charge on any atom is 0.0454 e. The lowest BCUT2D eigenvalue weighted by Gasteiger charge is -2.05. The fraction of sp³-hybridized carbons (Fsp3) is 0.176. The molecule has 0 fully saturated rings. The zero-order valence-electron chi connectivity index (χ0n) is 12.0. The van der Waals surface area contributed by atoms with E-state index in [4.69, 9.17) is 11.6 Å². The Kier molecular flexibility index (Phi) is 6.65. The summed E-state index contributed by atoms with van der Waals surface area (Å²) >= 11 is 7.71. The summed E-state index contributed by atoms with van der Waals surface area (Å²) in [6, 6.07) is 16.6. The first-order chi connectivity index (χ1) is 10.3. The summed E-state index contributed by atoms with van der Waals surface area (Å²) in [5.74, 6) is 1.05. The maximum absolute atomic E-state index is 5.87. The SMILES string of the molecule is Cl.Clc1ccc(SCCNCc2ccc3[nH]ccc3c2)cc1. The fourth-order valence-electron chi connectivity index (χ4n) is 2.22. The molecule has 0 saturated carbocycles. The summed E-state index contributed by atoms with van der Waals surface area (Å²) in [6.07, 6.45) is 1.98. The highest BCUT2D eigenvalue weighted by atomic mass is 35.5. The largest absolute Gasteiger partial charge is 0.361 e. The van der Waals surface area contributed by atoms with Crippen molar-refractivity contribution in [2.45, 2.75) is 11.4 Å². The summed E-state index contributed by atoms with van der Waals surface area (Å²) in [5, 5.41) is 5.54. The number of benzene rings is 2. The van der Waals surface area contributed by atoms with E-state index >= 15 is 0 Å². The molecule has 0 aliphatic rings. The van der Waals surface area contributed by atoms with Crippen LogP contribution < -0.4 is 5.32 Å². The number of fused-ring (bicyclic) bond motifs is 1. The fourth-order valence-corrected chi connectivity index (χ4v) is 3.15. The molecule has 2 aromatic carbocycles. The van der Waals surface area contributed by atoms with Crippen LogP contribution in [0.2, 0.25) is 5.02 Å². The van der Waals surface area contributed by atoms with E-state index in [0.717, 1.165) is 23.9 Å². The number of aromatic amines is 1. The lowest BCUT2D eigenvalue weighted by molar-refractivity contribution is 0.733. The molecule has 3 aromatic rings. The van der Waals surface area contributed by atoms with Crippen LogP contribution in [0.1, 0.15) is 5.56 Å². The average Bonchev–Trinajstić information content (AvgIpc) is 2.96. The van der Waals surface area contributed by atoms with Gasteiger partial charge in [-0.3, -0.25) is 0 Å². The van der Waals surface area contributed by atoms with Crippen LogP contribution in [0, 0.1) is 0 Å². The van der Waals surface area contributed by atoms with Crippen molar-refractivity contribution >= 4 is 46.7 Å². The molecule has 0 radical (unpaired) electrons. The molecule has 0 spiro atoms. The molecule has 2 nitrogen and oxygen atoms in total. The third-order valence-corrected chi connectivity index (χ3v) is 4.57. The predicted octanol–water partition coefficient (Wildman–Crippen LogP) is 5.13. The van der Waals surface area contributed by atoms with Gasteiger partial charge in [0.1, 0.15) is 0 Å². The first kappa shape index (κ1) is 17.2. The van der Waals surface area contributed by atoms with Gasteiger partial charge in [0.2, 0.25) is 0 Å². The van der Waals surface area contributed by atoms with E-state index in [2.05, 4.69) is 46.7 Å². The Hall–Kier alpha value is -1.13. The van der Waals surface area contributed by atoms with E-state index in [0.29, 0.717) is 0 Å². The molecule has 116 valence electrons. The summed E-state index contributed by atoms with van der Waals surface area (Å²) in [7, 11) is 0. The zero-order chi connectivity index (χ0) is 14.5. The number of nitrogens with one attached hydrogen (secondary N) is 2. The van der Waals surface area contributed by atoms with Crippen molar-refractivity contribution in [1.29, 1.82) is 0 Å². The number of aromatic nitrogens is 1. The van der Waals surface area contributed by atoms with E-state index in [-0.39, 0.29) is 12.4 Å². The number of hydrogen-bond donors (Lipinski definition) is 2. The van der Waals surface area contributed by atoms with Crippen molar-refractivity contribution in [2.75, 3.05) is 12.3 Å². The first-order valence-corrected chi connectivity index (χ1v) is 8.33. The number of rotatable bonds is 6. The van der Waals surface area contributed by atoms with Crippen molar-refractivity contribution < 1.29 is 0 Å². The minimum Gasteiger partial charge on any atom is -0.361 e. The van der Waals surface area contributed by atoms with Crippen LogP contribution in [0.4, 0.5) is 0 Å². The standard InChI is InChI=1S/C17H17ClN2S.ClH/c18-15-2-4-16(5-3-15)21-10-9-19-12-13-1-6-17-14(11-13)7-8-20-17;/h1-8,11,19-20H,9-10,12H2;1H. The molecule has 0 aliphatic carbocycles. The van der Waals surface area contributed by atoms with Crippen LogP contribution >= 0.6 is 35.8 Å². The minimum absolute atomic E-state index is 0. The number of hydrogen-bond acceptors (Lipinski definition) is 2. The third-order valence-electron chi connectivity index (χ3n) is 3.31. The van der Waals surface area contributed by atoms with E-state index in [1.54, 1.807) is 0 Å². The number of halogens is 2. The van der Waals surface area contributed by atoms with Gasteiger partial charge in [-0.2, -0.15) is 0 Å². The molecule has 0 aliphatic heterocycles. The highest BCUT2D eigenvalue weighted by Gasteiger charge is 1.98. The van der Waals surface area contributed by atoms with Crippen molar-refractivity contribution in [1.82, 2.24) is 10.3 Å². The smallest absolute Gasteiger partial charge is 0.0454 e. The zero-order valence-corrected chi connectivity index (χ0v) is 14.4. The quantitative estimate of drug-likeness (QED) is 0.475. The number of H-pyrrole nitrogens is 1. The summed E-state index contributed by atoms with van der Waals surface area (Å²) in [4.78, 5) is 4.47. The minimum atomic E-state index is 0. The Morgan fingerprint density at radius 1 is 1.05 bits per heavy atom. The molecule has 0 saturated heterocycles. The summed E-state index contributed by atoms with van der Waals surface area (Å²) < 4.78 is 0. The molecule has 0 amide bonds. The Labute approximate surface area is 146 Å². The van der Waals surface area contributed by atoms with Gasteiger partial charge in [-0.25, -0.2) is 0 Å². The predicted molar refractivity (Wildman–Crippen MR) is 99.4 cm³/mol. The lowest BCUT2D eigenvalue weighted by atomic mass is 10.1. The molecule has 5 heteroatoms. The van der Waals surface area contributed by atoms with Crippen molar-refractivity contribution in [2.24, 2.45) is 0 Å². The second-order valence-corrected chi connectivity index (χ2v) is 6.48. The Bertz CT molecular complexity index is 710. The van der Waals surface area contributed by atoms with E-state index < -0.39 is 0 Å². The number of thioether (sulfide) groups is 1. The van der Waals surface area contributed by atoms with Gasteiger partial charge in [-0.15, -0.1) is 24.2 Å². The Morgan fingerprint density at radius 3 is 2.68 bits per heavy atom. The summed E-state index contributed by atoms with van der Waals surface area (Å²) in [5.41, 5.74) is 2.51. The monoisotopic (exact) mass is 352 g/mol. The second kappa shape index (κ2) is 8.49. The van der Waals surface area contributed by atoms with E-state index in [1.165, 1.54) is 21.4 Å². The molecule has 0 bridgehead atoms. The topological polar surface area (TPSA) is 27.8 Å². The maximum atomic E-state index is 5.87. The van der Waals surface area contributed by atoms with E-state index in [1.807, 2.05) is 30.1 Å². The average molecular weight is 353 g/mol. The van der Waals surface area contributed by atoms with E-state index in [9.17, 15) is 0 Å². The van der Waals surface area contributed by atoms with Crippen LogP contribution in [-0.4, -0.2) is 17.3 Å². The van der Waals surface area contributed by atoms with Crippen LogP contribution in [0.25, 0.3) is 10.9 Å². The molecule has 0 unspecified atom stereocenters. The van der Waals surface area contributed by atoms with Gasteiger partial charge in [0, 0.05) is 40.5 Å². The van der Waals surface area contributed by atoms with Crippen LogP contribution in [0.3, 0.4) is 0 Å². The van der Waals surface area contributed by atoms with Crippen LogP contribution in [0.15, 0.2) is 59.6 Å². The molecule has 0 atom stereocenters. The van der Waals surface area contributed by atoms with Gasteiger partial charge >= 0.3 is 0 Å². The normalized spacial score (nSPS) is 10.6. The van der Waals surface area contributed by atoms with Crippen molar-refractivity contribution in [3.05, 3.63) is 65.3 Å². The van der Waals surface area contributed by atoms with Gasteiger partial charge in [0.05, 0.1) is 0 Å². The molecule has 1 heterocycles. The molecule has 2 N–H and O–H groups in total. The molecular formula is C17H18Cl2N2S. The highest BCUT2D eigenvalue weighted by molar-refractivity contribution is 7.99. The molecular weight excluding hydrogens is 335 g/mol. The van der Waals surface area contributed by atoms with Crippen molar-refractivity contribution in [3.8, 4) is 0 Å². The first-order valence-electron chi connectivity index (χ1n) is 6.96. The van der Waals surface area contributed by atoms with Crippen molar-refractivity contribution in [3.63, 3.8) is 0 Å². The van der Waals surface area contributed by atoms with Gasteiger partial charge in [-0.1, -0.05) is 17.7 Å². The van der Waals surface area contributed by atoms with Crippen LogP contribution in [0.5, 0.6) is 0 Å². The third kappa shape index (κ3) is 4.68. The molecule has 1 aromatic heterocycles. The van der Waals surface area contributed by atoms with Gasteiger partial charge in [0.15, 0.2) is 0 Å². The Morgan fingerprint density at radius 2 is 1.86 bits per heavy atom. The highest BCUT2D eigenvalue weighted by Crippen LogP contribution is 2.19. The summed E-state index contributed by atoms with van der Waals surface area (Å²) in [6.45, 7) is 1.89. The van der Waals surface area contributed by atoms with Crippen LogP contribution in [-0.2, 0) is 6.54 Å². The molecule has 22 heavy (non-hydrogen) atoms. The Balaban J connectivity index is 0.00000176. The van der Waals surface area contributed by atoms with Gasteiger partial charge in [0.25, 0.3) is 0 Å². The lowest BCUT2D eigenvalue weighted by Crippen LogP contribution is -2.16. The van der Waals surface area contributed by atoms with Gasteiger partial charge in [-0.05, 0) is 53.4 Å².